The predicted octanol–water partition coefficient (Wildman–Crippen LogP) is 6.91. The first kappa shape index (κ1) is 23.4. The van der Waals surface area contributed by atoms with Crippen LogP contribution < -0.4 is 5.32 Å². The van der Waals surface area contributed by atoms with Crippen LogP contribution in [0.15, 0.2) is 48.5 Å². The second-order valence-corrected chi connectivity index (χ2v) is 11.2. The summed E-state index contributed by atoms with van der Waals surface area (Å²) in [6.45, 7) is 6.92. The lowest BCUT2D eigenvalue weighted by molar-refractivity contribution is -0.183. The highest BCUT2D eigenvalue weighted by atomic mass is 127. The molecule has 6 heteroatoms. The van der Waals surface area contributed by atoms with Gasteiger partial charge in [0.25, 0.3) is 0 Å². The van der Waals surface area contributed by atoms with Crippen LogP contribution in [0.2, 0.25) is 5.02 Å². The van der Waals surface area contributed by atoms with Crippen molar-refractivity contribution >= 4 is 45.8 Å². The second kappa shape index (κ2) is 9.88. The zero-order valence-corrected chi connectivity index (χ0v) is 20.6. The van der Waals surface area contributed by atoms with Gasteiger partial charge >= 0.3 is 5.97 Å². The van der Waals surface area contributed by atoms with E-state index < -0.39 is 9.02 Å². The van der Waals surface area contributed by atoms with Gasteiger partial charge in [0.2, 0.25) is 0 Å². The topological polar surface area (TPSA) is 47.6 Å². The maximum atomic E-state index is 13.2. The average Bonchev–Trinajstić information content (AvgIpc) is 2.65. The summed E-state index contributed by atoms with van der Waals surface area (Å²) in [5.74, 6) is -0.180. The summed E-state index contributed by atoms with van der Waals surface area (Å²) in [5, 5.41) is 4.06. The van der Waals surface area contributed by atoms with Crippen LogP contribution in [-0.4, -0.2) is 16.2 Å². The summed E-state index contributed by atoms with van der Waals surface area (Å²) in [5.41, 5.74) is 2.30. The summed E-state index contributed by atoms with van der Waals surface area (Å²) in [6.07, 6.45) is 2.15. The fraction of sp³-hybridized carbons (Fsp3) is 0.458. The molecule has 4 nitrogen and oxygen atoms in total. The van der Waals surface area contributed by atoms with Crippen molar-refractivity contribution in [1.82, 2.24) is 0 Å². The van der Waals surface area contributed by atoms with Crippen molar-refractivity contribution in [2.75, 3.05) is 11.9 Å². The van der Waals surface area contributed by atoms with E-state index >= 15 is 0 Å². The van der Waals surface area contributed by atoms with Crippen LogP contribution in [0.1, 0.15) is 57.3 Å². The summed E-state index contributed by atoms with van der Waals surface area (Å²) in [6, 6.07) is 16.0. The van der Waals surface area contributed by atoms with Crippen molar-refractivity contribution in [2.45, 2.75) is 56.3 Å². The number of benzene rings is 2. The van der Waals surface area contributed by atoms with Gasteiger partial charge < -0.3 is 14.8 Å². The SMILES string of the molecule is CCOC(c1ccc(Cl)c(NCc2ccccc2)c1)C1(C(=O)OC(C)(C)I)CCC1. The highest BCUT2D eigenvalue weighted by Gasteiger charge is 2.54. The van der Waals surface area contributed by atoms with Gasteiger partial charge in [0.15, 0.2) is 3.61 Å². The third kappa shape index (κ3) is 5.48. The number of anilines is 1. The Hall–Kier alpha value is -1.31. The number of carbonyl (C=O) groups excluding carboxylic acids is 1. The number of esters is 1. The molecule has 0 amide bonds. The quantitative estimate of drug-likeness (QED) is 0.213. The molecule has 1 N–H and O–H groups in total. The summed E-state index contributed by atoms with van der Waals surface area (Å²) in [4.78, 5) is 13.2. The maximum Gasteiger partial charge on any atom is 0.316 e. The number of ether oxygens (including phenoxy) is 2. The molecule has 0 bridgehead atoms. The Balaban J connectivity index is 1.87. The van der Waals surface area contributed by atoms with Gasteiger partial charge in [-0.15, -0.1) is 0 Å². The first-order valence-corrected chi connectivity index (χ1v) is 11.8. The Labute approximate surface area is 197 Å². The van der Waals surface area contributed by atoms with E-state index in [1.165, 1.54) is 5.56 Å². The zero-order valence-electron chi connectivity index (χ0n) is 17.7. The third-order valence-electron chi connectivity index (χ3n) is 5.44. The molecule has 0 aromatic heterocycles. The Morgan fingerprint density at radius 1 is 1.23 bits per heavy atom. The number of halogens is 2. The van der Waals surface area contributed by atoms with Crippen molar-refractivity contribution in [3.8, 4) is 0 Å². The maximum absolute atomic E-state index is 13.2. The minimum absolute atomic E-state index is 0.180. The lowest BCUT2D eigenvalue weighted by Gasteiger charge is -2.46. The molecule has 1 aliphatic rings. The number of rotatable bonds is 9. The molecule has 1 unspecified atom stereocenters. The molecule has 2 aromatic carbocycles. The zero-order chi connectivity index (χ0) is 21.8. The lowest BCUT2D eigenvalue weighted by Crippen LogP contribution is -2.47. The summed E-state index contributed by atoms with van der Waals surface area (Å²) in [7, 11) is 0. The van der Waals surface area contributed by atoms with Crippen molar-refractivity contribution in [2.24, 2.45) is 5.41 Å². The first-order chi connectivity index (χ1) is 14.2. The molecule has 0 spiro atoms. The van der Waals surface area contributed by atoms with Crippen LogP contribution >= 0.6 is 34.2 Å². The number of carbonyl (C=O) groups is 1. The molecule has 1 saturated carbocycles. The molecule has 0 heterocycles. The van der Waals surface area contributed by atoms with E-state index in [2.05, 4.69) is 40.0 Å². The van der Waals surface area contributed by atoms with Gasteiger partial charge in [-0.2, -0.15) is 0 Å². The van der Waals surface area contributed by atoms with Crippen LogP contribution in [0.3, 0.4) is 0 Å². The Morgan fingerprint density at radius 3 is 2.50 bits per heavy atom. The van der Waals surface area contributed by atoms with E-state index in [9.17, 15) is 4.79 Å². The minimum atomic E-state index is -0.650. The highest BCUT2D eigenvalue weighted by molar-refractivity contribution is 14.1. The van der Waals surface area contributed by atoms with Crippen LogP contribution in [0.4, 0.5) is 5.69 Å². The fourth-order valence-electron chi connectivity index (χ4n) is 3.83. The Kier molecular flexibility index (Phi) is 7.69. The van der Waals surface area contributed by atoms with E-state index in [0.717, 1.165) is 30.5 Å². The molecule has 1 fully saturated rings. The molecule has 1 aliphatic carbocycles. The van der Waals surface area contributed by atoms with Crippen molar-refractivity contribution in [3.63, 3.8) is 0 Å². The molecule has 0 saturated heterocycles. The Bertz CT molecular complexity index is 862. The summed E-state index contributed by atoms with van der Waals surface area (Å²) < 4.78 is 11.4. The fourth-order valence-corrected chi connectivity index (χ4v) is 4.21. The van der Waals surface area contributed by atoms with E-state index in [1.807, 2.05) is 57.2 Å². The molecule has 3 rings (SSSR count). The van der Waals surface area contributed by atoms with Crippen LogP contribution in [-0.2, 0) is 20.8 Å². The van der Waals surface area contributed by atoms with E-state index in [1.54, 1.807) is 0 Å². The largest absolute Gasteiger partial charge is 0.448 e. The molecule has 0 aliphatic heterocycles. The highest BCUT2D eigenvalue weighted by Crippen LogP contribution is 2.54. The van der Waals surface area contributed by atoms with E-state index in [-0.39, 0.29) is 12.1 Å². The van der Waals surface area contributed by atoms with Gasteiger partial charge in [-0.25, -0.2) is 0 Å². The number of hydrogen-bond donors (Lipinski definition) is 1. The predicted molar refractivity (Wildman–Crippen MR) is 130 cm³/mol. The third-order valence-corrected chi connectivity index (χ3v) is 5.99. The van der Waals surface area contributed by atoms with Crippen LogP contribution in [0.5, 0.6) is 0 Å². The molecule has 1 atom stereocenters. The van der Waals surface area contributed by atoms with Gasteiger partial charge in [-0.05, 0) is 79.5 Å². The second-order valence-electron chi connectivity index (χ2n) is 8.18. The van der Waals surface area contributed by atoms with E-state index in [4.69, 9.17) is 21.1 Å². The number of nitrogens with one attached hydrogen (secondary N) is 1. The molecule has 162 valence electrons. The normalized spacial score (nSPS) is 16.4. The smallest absolute Gasteiger partial charge is 0.316 e. The number of hydrogen-bond acceptors (Lipinski definition) is 4. The van der Waals surface area contributed by atoms with Crippen molar-refractivity contribution < 1.29 is 14.3 Å². The molecular formula is C24H29ClINO3. The van der Waals surface area contributed by atoms with Crippen molar-refractivity contribution in [1.29, 1.82) is 0 Å². The average molecular weight is 542 g/mol. The van der Waals surface area contributed by atoms with Gasteiger partial charge in [-0.3, -0.25) is 4.79 Å². The summed E-state index contributed by atoms with van der Waals surface area (Å²) >= 11 is 8.61. The van der Waals surface area contributed by atoms with Gasteiger partial charge in [-0.1, -0.05) is 54.4 Å². The standard InChI is InChI=1S/C24H29ClINO3/c1-4-29-21(24(13-8-14-24)22(28)30-23(2,3)26)18-11-12-19(25)20(15-18)27-16-17-9-6-5-7-10-17/h5-7,9-12,15,21,27H,4,8,13-14,16H2,1-3H3. The molecular weight excluding hydrogens is 513 g/mol. The van der Waals surface area contributed by atoms with Crippen LogP contribution in [0, 0.1) is 5.41 Å². The molecule has 2 aromatic rings. The van der Waals surface area contributed by atoms with E-state index in [0.29, 0.717) is 18.2 Å². The monoisotopic (exact) mass is 541 g/mol. The number of alkyl halides is 1. The van der Waals surface area contributed by atoms with Crippen LogP contribution in [0.25, 0.3) is 0 Å². The van der Waals surface area contributed by atoms with Gasteiger partial charge in [0.1, 0.15) is 0 Å². The van der Waals surface area contributed by atoms with Gasteiger partial charge in [0.05, 0.1) is 22.2 Å². The Morgan fingerprint density at radius 2 is 1.93 bits per heavy atom. The molecule has 0 radical (unpaired) electrons. The van der Waals surface area contributed by atoms with Gasteiger partial charge in [0, 0.05) is 13.2 Å². The lowest BCUT2D eigenvalue weighted by atomic mass is 9.63. The molecule has 30 heavy (non-hydrogen) atoms. The minimum Gasteiger partial charge on any atom is -0.448 e. The first-order valence-electron chi connectivity index (χ1n) is 10.4. The van der Waals surface area contributed by atoms with Crippen molar-refractivity contribution in [3.05, 3.63) is 64.7 Å².